The van der Waals surface area contributed by atoms with Crippen LogP contribution in [0.3, 0.4) is 0 Å². The Hall–Kier alpha value is -1.06. The van der Waals surface area contributed by atoms with E-state index in [1.165, 1.54) is 0 Å². The van der Waals surface area contributed by atoms with E-state index in [9.17, 15) is 9.59 Å². The van der Waals surface area contributed by atoms with Gasteiger partial charge in [-0.25, -0.2) is 4.79 Å². The number of amides is 1. The molecule has 3 rings (SSSR count). The molecule has 3 aliphatic rings. The fourth-order valence-electron chi connectivity index (χ4n) is 3.06. The molecule has 0 bridgehead atoms. The van der Waals surface area contributed by atoms with Crippen molar-refractivity contribution < 1.29 is 14.3 Å². The van der Waals surface area contributed by atoms with Gasteiger partial charge in [0.25, 0.3) is 0 Å². The van der Waals surface area contributed by atoms with E-state index in [0.29, 0.717) is 36.6 Å². The minimum atomic E-state index is -0.437. The summed E-state index contributed by atoms with van der Waals surface area (Å²) in [5.74, 6) is 1.93. The second-order valence-electron chi connectivity index (χ2n) is 6.92. The summed E-state index contributed by atoms with van der Waals surface area (Å²) >= 11 is 0. The van der Waals surface area contributed by atoms with Crippen molar-refractivity contribution in [2.45, 2.75) is 39.2 Å². The third kappa shape index (κ3) is 2.13. The van der Waals surface area contributed by atoms with Gasteiger partial charge in [-0.05, 0) is 45.4 Å². The van der Waals surface area contributed by atoms with Crippen molar-refractivity contribution in [2.75, 3.05) is 13.1 Å². The highest BCUT2D eigenvalue weighted by atomic mass is 16.6. The molecular weight excluding hydrogens is 230 g/mol. The molecule has 4 nitrogen and oxygen atoms in total. The van der Waals surface area contributed by atoms with Gasteiger partial charge in [0.15, 0.2) is 0 Å². The van der Waals surface area contributed by atoms with Crippen molar-refractivity contribution in [3.63, 3.8) is 0 Å². The molecule has 3 atom stereocenters. The second-order valence-corrected chi connectivity index (χ2v) is 6.92. The zero-order valence-corrected chi connectivity index (χ0v) is 11.3. The monoisotopic (exact) mass is 251 g/mol. The number of hydrogen-bond donors (Lipinski definition) is 0. The lowest BCUT2D eigenvalue weighted by molar-refractivity contribution is -0.122. The minimum absolute atomic E-state index is 0.229. The summed E-state index contributed by atoms with van der Waals surface area (Å²) in [5, 5.41) is 0. The number of nitrogens with zero attached hydrogens (tertiary/aromatic N) is 1. The van der Waals surface area contributed by atoms with Gasteiger partial charge in [0.2, 0.25) is 0 Å². The Morgan fingerprint density at radius 3 is 2.11 bits per heavy atom. The number of rotatable bonds is 2. The average Bonchev–Trinajstić information content (AvgIpc) is 3.14. The van der Waals surface area contributed by atoms with E-state index in [-0.39, 0.29) is 12.0 Å². The molecule has 18 heavy (non-hydrogen) atoms. The fourth-order valence-corrected chi connectivity index (χ4v) is 3.06. The van der Waals surface area contributed by atoms with Crippen LogP contribution in [0, 0.1) is 23.7 Å². The molecule has 4 heteroatoms. The molecule has 2 aliphatic carbocycles. The van der Waals surface area contributed by atoms with Crippen LogP contribution in [0.2, 0.25) is 0 Å². The van der Waals surface area contributed by atoms with Gasteiger partial charge in [-0.1, -0.05) is 0 Å². The number of Topliss-reactive ketones (excluding diaryl/α,β-unsaturated/α-hetero) is 1. The van der Waals surface area contributed by atoms with Crippen molar-refractivity contribution in [2.24, 2.45) is 23.7 Å². The summed E-state index contributed by atoms with van der Waals surface area (Å²) in [4.78, 5) is 25.6. The summed E-state index contributed by atoms with van der Waals surface area (Å²) in [5.41, 5.74) is -0.437. The van der Waals surface area contributed by atoms with Gasteiger partial charge in [0, 0.05) is 24.9 Å². The second kappa shape index (κ2) is 3.72. The van der Waals surface area contributed by atoms with E-state index in [0.717, 1.165) is 12.8 Å². The van der Waals surface area contributed by atoms with E-state index in [2.05, 4.69) is 0 Å². The predicted molar refractivity (Wildman–Crippen MR) is 66.0 cm³/mol. The molecule has 3 fully saturated rings. The first-order valence-corrected chi connectivity index (χ1v) is 6.88. The smallest absolute Gasteiger partial charge is 0.410 e. The maximum absolute atomic E-state index is 12.0. The molecule has 0 radical (unpaired) electrons. The number of ketones is 1. The zero-order valence-electron chi connectivity index (χ0n) is 11.3. The maximum Gasteiger partial charge on any atom is 0.410 e. The molecular formula is C14H21NO3. The third-order valence-corrected chi connectivity index (χ3v) is 4.15. The van der Waals surface area contributed by atoms with Crippen LogP contribution in [0.5, 0.6) is 0 Å². The van der Waals surface area contributed by atoms with E-state index in [4.69, 9.17) is 4.74 Å². The van der Waals surface area contributed by atoms with Crippen LogP contribution < -0.4 is 0 Å². The van der Waals surface area contributed by atoms with Crippen LogP contribution in [0.1, 0.15) is 33.6 Å². The number of ether oxygens (including phenoxy) is 1. The van der Waals surface area contributed by atoms with Gasteiger partial charge in [-0.3, -0.25) is 4.79 Å². The van der Waals surface area contributed by atoms with Crippen molar-refractivity contribution in [3.05, 3.63) is 0 Å². The molecule has 100 valence electrons. The molecule has 0 N–H and O–H groups in total. The largest absolute Gasteiger partial charge is 0.444 e. The lowest BCUT2D eigenvalue weighted by atomic mass is 10.1. The number of carbonyl (C=O) groups excluding carboxylic acids is 2. The van der Waals surface area contributed by atoms with Gasteiger partial charge in [-0.15, -0.1) is 0 Å². The molecule has 2 unspecified atom stereocenters. The lowest BCUT2D eigenvalue weighted by Crippen LogP contribution is -2.37. The van der Waals surface area contributed by atoms with Crippen LogP contribution >= 0.6 is 0 Å². The first-order valence-electron chi connectivity index (χ1n) is 6.88. The Morgan fingerprint density at radius 2 is 1.67 bits per heavy atom. The summed E-state index contributed by atoms with van der Waals surface area (Å²) in [6.07, 6.45) is 1.95. The van der Waals surface area contributed by atoms with Crippen molar-refractivity contribution in [3.8, 4) is 0 Å². The predicted octanol–water partition coefficient (Wildman–Crippen LogP) is 2.08. The van der Waals surface area contributed by atoms with Gasteiger partial charge < -0.3 is 9.64 Å². The quantitative estimate of drug-likeness (QED) is 0.755. The SMILES string of the molecule is CC(C)(C)OC(=O)N1CC2C(C(=O)C3CC3)[C@@H]2C1. The Balaban J connectivity index is 1.51. The summed E-state index contributed by atoms with van der Waals surface area (Å²) < 4.78 is 5.35. The third-order valence-electron chi connectivity index (χ3n) is 4.15. The molecule has 2 saturated carbocycles. The normalized spacial score (nSPS) is 34.2. The maximum atomic E-state index is 12.0. The molecule has 0 aromatic heterocycles. The minimum Gasteiger partial charge on any atom is -0.444 e. The first-order chi connectivity index (χ1) is 8.37. The van der Waals surface area contributed by atoms with E-state index in [1.54, 1.807) is 4.90 Å². The highest BCUT2D eigenvalue weighted by Crippen LogP contribution is 2.55. The molecule has 1 heterocycles. The molecule has 1 aliphatic heterocycles. The van der Waals surface area contributed by atoms with Gasteiger partial charge >= 0.3 is 6.09 Å². The average molecular weight is 251 g/mol. The van der Waals surface area contributed by atoms with Crippen LogP contribution in [-0.4, -0.2) is 35.5 Å². The van der Waals surface area contributed by atoms with Crippen molar-refractivity contribution >= 4 is 11.9 Å². The van der Waals surface area contributed by atoms with Crippen LogP contribution in [-0.2, 0) is 9.53 Å². The number of fused-ring (bicyclic) bond motifs is 1. The van der Waals surface area contributed by atoms with Gasteiger partial charge in [-0.2, -0.15) is 0 Å². The highest BCUT2D eigenvalue weighted by Gasteiger charge is 2.61. The van der Waals surface area contributed by atoms with Crippen LogP contribution in [0.4, 0.5) is 4.79 Å². The van der Waals surface area contributed by atoms with E-state index < -0.39 is 5.60 Å². The topological polar surface area (TPSA) is 46.6 Å². The Morgan fingerprint density at radius 1 is 1.11 bits per heavy atom. The van der Waals surface area contributed by atoms with Crippen LogP contribution in [0.25, 0.3) is 0 Å². The molecule has 0 aromatic rings. The molecule has 0 spiro atoms. The number of carbonyl (C=O) groups is 2. The number of hydrogen-bond acceptors (Lipinski definition) is 3. The zero-order chi connectivity index (χ0) is 13.1. The van der Waals surface area contributed by atoms with Crippen LogP contribution in [0.15, 0.2) is 0 Å². The summed E-state index contributed by atoms with van der Waals surface area (Å²) in [7, 11) is 0. The molecule has 0 aromatic carbocycles. The lowest BCUT2D eigenvalue weighted by Gasteiger charge is -2.25. The Labute approximate surface area is 108 Å². The van der Waals surface area contributed by atoms with E-state index in [1.807, 2.05) is 20.8 Å². The van der Waals surface area contributed by atoms with Gasteiger partial charge in [0.1, 0.15) is 11.4 Å². The Kier molecular flexibility index (Phi) is 2.48. The molecule has 1 amide bonds. The summed E-state index contributed by atoms with van der Waals surface area (Å²) in [6.45, 7) is 7.05. The highest BCUT2D eigenvalue weighted by molar-refractivity contribution is 5.89. The number of likely N-dealkylation sites (tertiary alicyclic amines) is 1. The fraction of sp³-hybridized carbons (Fsp3) is 0.857. The first kappa shape index (κ1) is 12.0. The number of piperidine rings is 1. The van der Waals surface area contributed by atoms with Gasteiger partial charge in [0.05, 0.1) is 0 Å². The Bertz CT molecular complexity index is 382. The summed E-state index contributed by atoms with van der Waals surface area (Å²) in [6, 6.07) is 0. The van der Waals surface area contributed by atoms with Crippen molar-refractivity contribution in [1.82, 2.24) is 4.90 Å². The standard InChI is InChI=1S/C14H21NO3/c1-14(2,3)18-13(17)15-6-9-10(7-15)11(9)12(16)8-4-5-8/h8-11H,4-7H2,1-3H3/t9-,10?,11?/m1/s1. The molecule has 1 saturated heterocycles. The van der Waals surface area contributed by atoms with Crippen molar-refractivity contribution in [1.29, 1.82) is 0 Å². The van der Waals surface area contributed by atoms with E-state index >= 15 is 0 Å².